The van der Waals surface area contributed by atoms with Gasteiger partial charge in [0.15, 0.2) is 0 Å². The van der Waals surface area contributed by atoms with Crippen molar-refractivity contribution in [2.45, 2.75) is 13.5 Å². The molecule has 0 saturated carbocycles. The van der Waals surface area contributed by atoms with Gasteiger partial charge in [-0.05, 0) is 36.8 Å². The molecule has 0 aliphatic rings. The predicted molar refractivity (Wildman–Crippen MR) is 76.6 cm³/mol. The van der Waals surface area contributed by atoms with Crippen molar-refractivity contribution in [3.05, 3.63) is 68.5 Å². The van der Waals surface area contributed by atoms with Crippen molar-refractivity contribution in [1.29, 1.82) is 0 Å². The highest BCUT2D eigenvalue weighted by Crippen LogP contribution is 2.24. The van der Waals surface area contributed by atoms with Crippen LogP contribution >= 0.6 is 11.6 Å². The molecule has 0 aliphatic heterocycles. The molecule has 0 unspecified atom stereocenters. The third-order valence-electron chi connectivity index (χ3n) is 2.91. The molecule has 0 saturated heterocycles. The summed E-state index contributed by atoms with van der Waals surface area (Å²) in [6.45, 7) is 2.04. The first-order chi connectivity index (χ1) is 9.47. The van der Waals surface area contributed by atoms with E-state index in [-0.39, 0.29) is 17.8 Å². The van der Waals surface area contributed by atoms with E-state index in [1.54, 1.807) is 12.1 Å². The van der Waals surface area contributed by atoms with Crippen molar-refractivity contribution >= 4 is 23.0 Å². The molecule has 0 aromatic heterocycles. The Morgan fingerprint density at radius 3 is 2.75 bits per heavy atom. The summed E-state index contributed by atoms with van der Waals surface area (Å²) in [4.78, 5) is 10.4. The quantitative estimate of drug-likeness (QED) is 0.675. The van der Waals surface area contributed by atoms with E-state index in [1.807, 2.05) is 13.0 Å². The Balaban J connectivity index is 2.24. The van der Waals surface area contributed by atoms with Crippen molar-refractivity contribution in [1.82, 2.24) is 0 Å². The van der Waals surface area contributed by atoms with E-state index >= 15 is 0 Å². The SMILES string of the molecule is Cc1ccc(Cl)cc1NCc1cc(F)ccc1[N+](=O)[O-]. The van der Waals surface area contributed by atoms with Gasteiger partial charge in [0.2, 0.25) is 0 Å². The molecule has 0 radical (unpaired) electrons. The van der Waals surface area contributed by atoms with Gasteiger partial charge in [-0.2, -0.15) is 0 Å². The molecule has 2 aromatic rings. The van der Waals surface area contributed by atoms with Crippen molar-refractivity contribution in [2.75, 3.05) is 5.32 Å². The molecule has 0 aliphatic carbocycles. The minimum absolute atomic E-state index is 0.112. The van der Waals surface area contributed by atoms with Crippen molar-refractivity contribution in [2.24, 2.45) is 0 Å². The molecule has 0 fully saturated rings. The van der Waals surface area contributed by atoms with E-state index in [1.165, 1.54) is 0 Å². The number of hydrogen-bond acceptors (Lipinski definition) is 3. The number of nitro groups is 1. The van der Waals surface area contributed by atoms with Crippen LogP contribution in [0.5, 0.6) is 0 Å². The van der Waals surface area contributed by atoms with Gasteiger partial charge in [-0.1, -0.05) is 17.7 Å². The van der Waals surface area contributed by atoms with Crippen LogP contribution in [0.2, 0.25) is 5.02 Å². The van der Waals surface area contributed by atoms with Gasteiger partial charge in [-0.25, -0.2) is 4.39 Å². The third kappa shape index (κ3) is 3.24. The zero-order chi connectivity index (χ0) is 14.7. The van der Waals surface area contributed by atoms with Gasteiger partial charge in [0.05, 0.1) is 10.5 Å². The lowest BCUT2D eigenvalue weighted by Gasteiger charge is -2.10. The van der Waals surface area contributed by atoms with E-state index in [9.17, 15) is 14.5 Å². The largest absolute Gasteiger partial charge is 0.380 e. The summed E-state index contributed by atoms with van der Waals surface area (Å²) >= 11 is 5.90. The zero-order valence-corrected chi connectivity index (χ0v) is 11.4. The van der Waals surface area contributed by atoms with Crippen molar-refractivity contribution in [3.8, 4) is 0 Å². The predicted octanol–water partition coefficient (Wildman–Crippen LogP) is 4.31. The summed E-state index contributed by atoms with van der Waals surface area (Å²) in [7, 11) is 0. The summed E-state index contributed by atoms with van der Waals surface area (Å²) in [5.74, 6) is -0.504. The van der Waals surface area contributed by atoms with Crippen LogP contribution in [-0.4, -0.2) is 4.92 Å². The summed E-state index contributed by atoms with van der Waals surface area (Å²) in [5.41, 5.74) is 1.89. The Hall–Kier alpha value is -2.14. The molecule has 2 aromatic carbocycles. The van der Waals surface area contributed by atoms with Crippen LogP contribution in [0.3, 0.4) is 0 Å². The number of nitrogens with one attached hydrogen (secondary N) is 1. The molecule has 1 N–H and O–H groups in total. The van der Waals surface area contributed by atoms with Crippen LogP contribution in [0.25, 0.3) is 0 Å². The van der Waals surface area contributed by atoms with Crippen LogP contribution in [0.1, 0.15) is 11.1 Å². The zero-order valence-electron chi connectivity index (χ0n) is 10.7. The fourth-order valence-corrected chi connectivity index (χ4v) is 2.02. The fraction of sp³-hybridized carbons (Fsp3) is 0.143. The molecule has 20 heavy (non-hydrogen) atoms. The lowest BCUT2D eigenvalue weighted by Crippen LogP contribution is -2.04. The van der Waals surface area contributed by atoms with Crippen LogP contribution in [-0.2, 0) is 6.54 Å². The van der Waals surface area contributed by atoms with Gasteiger partial charge in [-0.3, -0.25) is 10.1 Å². The Morgan fingerprint density at radius 1 is 1.30 bits per heavy atom. The van der Waals surface area contributed by atoms with Gasteiger partial charge >= 0.3 is 0 Å². The second-order valence-corrected chi connectivity index (χ2v) is 4.78. The number of anilines is 1. The first-order valence-corrected chi connectivity index (χ1v) is 6.28. The second-order valence-electron chi connectivity index (χ2n) is 4.34. The number of halogens is 2. The topological polar surface area (TPSA) is 55.2 Å². The molecule has 0 heterocycles. The molecule has 0 spiro atoms. The standard InChI is InChI=1S/C14H12ClFN2O2/c1-9-2-3-11(15)7-13(9)17-8-10-6-12(16)4-5-14(10)18(19)20/h2-7,17H,8H2,1H3. The number of aryl methyl sites for hydroxylation is 1. The monoisotopic (exact) mass is 294 g/mol. The average Bonchev–Trinajstić information content (AvgIpc) is 2.39. The maximum atomic E-state index is 13.2. The Labute approximate surface area is 120 Å². The van der Waals surface area contributed by atoms with Crippen LogP contribution in [0, 0.1) is 22.9 Å². The highest BCUT2D eigenvalue weighted by molar-refractivity contribution is 6.30. The first kappa shape index (κ1) is 14.3. The lowest BCUT2D eigenvalue weighted by molar-refractivity contribution is -0.385. The summed E-state index contributed by atoms with van der Waals surface area (Å²) in [5, 5.41) is 14.5. The van der Waals surface area contributed by atoms with Crippen LogP contribution in [0.15, 0.2) is 36.4 Å². The van der Waals surface area contributed by atoms with E-state index in [0.717, 1.165) is 29.4 Å². The Bertz CT molecular complexity index is 662. The summed E-state index contributed by atoms with van der Waals surface area (Å²) < 4.78 is 13.2. The van der Waals surface area contributed by atoms with Gasteiger partial charge < -0.3 is 5.32 Å². The maximum absolute atomic E-state index is 13.2. The number of benzene rings is 2. The van der Waals surface area contributed by atoms with Crippen molar-refractivity contribution < 1.29 is 9.31 Å². The highest BCUT2D eigenvalue weighted by atomic mass is 35.5. The molecule has 4 nitrogen and oxygen atoms in total. The second kappa shape index (κ2) is 5.88. The van der Waals surface area contributed by atoms with Crippen LogP contribution in [0.4, 0.5) is 15.8 Å². The maximum Gasteiger partial charge on any atom is 0.274 e. The Kier molecular flexibility index (Phi) is 4.20. The van der Waals surface area contributed by atoms with E-state index < -0.39 is 10.7 Å². The van der Waals surface area contributed by atoms with E-state index in [4.69, 9.17) is 11.6 Å². The minimum atomic E-state index is -0.527. The Morgan fingerprint density at radius 2 is 2.05 bits per heavy atom. The molecule has 0 atom stereocenters. The van der Waals surface area contributed by atoms with Crippen LogP contribution < -0.4 is 5.32 Å². The lowest BCUT2D eigenvalue weighted by atomic mass is 10.1. The normalized spacial score (nSPS) is 10.3. The smallest absolute Gasteiger partial charge is 0.274 e. The molecule has 2 rings (SSSR count). The molecule has 6 heteroatoms. The number of rotatable bonds is 4. The molecule has 104 valence electrons. The van der Waals surface area contributed by atoms with Gasteiger partial charge in [0, 0.05) is 23.3 Å². The number of nitrogens with zero attached hydrogens (tertiary/aromatic N) is 1. The molecule has 0 amide bonds. The minimum Gasteiger partial charge on any atom is -0.380 e. The fourth-order valence-electron chi connectivity index (χ4n) is 1.85. The number of nitro benzene ring substituents is 1. The summed E-state index contributed by atoms with van der Waals surface area (Å²) in [6, 6.07) is 8.72. The van der Waals surface area contributed by atoms with Gasteiger partial charge in [-0.15, -0.1) is 0 Å². The van der Waals surface area contributed by atoms with E-state index in [0.29, 0.717) is 5.02 Å². The number of hydrogen-bond donors (Lipinski definition) is 1. The third-order valence-corrected chi connectivity index (χ3v) is 3.14. The summed E-state index contributed by atoms with van der Waals surface area (Å²) in [6.07, 6.45) is 0. The average molecular weight is 295 g/mol. The molecular weight excluding hydrogens is 283 g/mol. The van der Waals surface area contributed by atoms with Gasteiger partial charge in [0.25, 0.3) is 5.69 Å². The molecule has 0 bridgehead atoms. The highest BCUT2D eigenvalue weighted by Gasteiger charge is 2.14. The van der Waals surface area contributed by atoms with E-state index in [2.05, 4.69) is 5.32 Å². The van der Waals surface area contributed by atoms with Gasteiger partial charge in [0.1, 0.15) is 5.82 Å². The molecular formula is C14H12ClFN2O2. The van der Waals surface area contributed by atoms with Crippen molar-refractivity contribution in [3.63, 3.8) is 0 Å². The first-order valence-electron chi connectivity index (χ1n) is 5.90.